The quantitative estimate of drug-likeness (QED) is 0.626. The highest BCUT2D eigenvalue weighted by Gasteiger charge is 2.18. The predicted octanol–water partition coefficient (Wildman–Crippen LogP) is 1.41. The molecule has 0 aliphatic heterocycles. The monoisotopic (exact) mass is 332 g/mol. The summed E-state index contributed by atoms with van der Waals surface area (Å²) in [5.41, 5.74) is 1.70. The summed E-state index contributed by atoms with van der Waals surface area (Å²) in [6, 6.07) is 5.20. The maximum absolute atomic E-state index is 12.3. The molecule has 0 bridgehead atoms. The molecule has 23 heavy (non-hydrogen) atoms. The van der Waals surface area contributed by atoms with Crippen molar-refractivity contribution in [3.8, 4) is 0 Å². The lowest BCUT2D eigenvalue weighted by Crippen LogP contribution is -2.22. The first-order chi connectivity index (χ1) is 10.9. The Hall–Kier alpha value is -2.55. The molecule has 0 spiro atoms. The van der Waals surface area contributed by atoms with Crippen LogP contribution < -0.4 is 11.0 Å². The summed E-state index contributed by atoms with van der Waals surface area (Å²) in [5, 5.41) is 11.2. The van der Waals surface area contributed by atoms with Gasteiger partial charge >= 0.3 is 5.69 Å². The number of hydrogen-bond acceptors (Lipinski definition) is 5. The fourth-order valence-corrected chi connectivity index (χ4v) is 2.92. The van der Waals surface area contributed by atoms with Crippen LogP contribution in [0.3, 0.4) is 0 Å². The van der Waals surface area contributed by atoms with Crippen LogP contribution in [0.2, 0.25) is 0 Å². The van der Waals surface area contributed by atoms with Gasteiger partial charge < -0.3 is 19.9 Å². The van der Waals surface area contributed by atoms with Crippen LogP contribution in [-0.4, -0.2) is 35.9 Å². The Bertz CT molecular complexity index is 925. The zero-order valence-corrected chi connectivity index (χ0v) is 13.7. The number of anilines is 1. The number of amides is 1. The average molecular weight is 332 g/mol. The molecule has 0 saturated heterocycles. The van der Waals surface area contributed by atoms with E-state index in [1.54, 1.807) is 25.1 Å². The van der Waals surface area contributed by atoms with Gasteiger partial charge in [-0.25, -0.2) is 4.79 Å². The molecule has 0 radical (unpaired) electrons. The number of benzene rings is 1. The Morgan fingerprint density at radius 3 is 2.74 bits per heavy atom. The number of nitrogens with zero attached hydrogens (tertiary/aromatic N) is 3. The Balaban J connectivity index is 1.71. The molecule has 3 aromatic rings. The molecule has 0 fully saturated rings. The summed E-state index contributed by atoms with van der Waals surface area (Å²) in [6.45, 7) is 3.66. The average Bonchev–Trinajstić information content (AvgIpc) is 3.02. The molecule has 1 aromatic carbocycles. The molecule has 1 atom stereocenters. The highest BCUT2D eigenvalue weighted by Crippen LogP contribution is 2.23. The highest BCUT2D eigenvalue weighted by atomic mass is 32.2. The number of thioether (sulfide) groups is 1. The van der Waals surface area contributed by atoms with E-state index in [2.05, 4.69) is 25.5 Å². The summed E-state index contributed by atoms with van der Waals surface area (Å²) in [7, 11) is 1.86. The Morgan fingerprint density at radius 1 is 1.30 bits per heavy atom. The van der Waals surface area contributed by atoms with Gasteiger partial charge in [0.2, 0.25) is 5.91 Å². The number of carbonyl (C=O) groups excluding carboxylic acids is 1. The second-order valence-electron chi connectivity index (χ2n) is 5.18. The third-order valence-corrected chi connectivity index (χ3v) is 4.62. The zero-order chi connectivity index (χ0) is 16.6. The van der Waals surface area contributed by atoms with Crippen molar-refractivity contribution >= 4 is 34.4 Å². The van der Waals surface area contributed by atoms with Crippen LogP contribution in [0.25, 0.3) is 11.0 Å². The number of H-pyrrole nitrogens is 2. The summed E-state index contributed by atoms with van der Waals surface area (Å²) < 4.78 is 1.84. The Morgan fingerprint density at radius 2 is 2.04 bits per heavy atom. The molecule has 0 saturated carbocycles. The number of nitrogens with one attached hydrogen (secondary N) is 3. The minimum absolute atomic E-state index is 0.145. The van der Waals surface area contributed by atoms with E-state index in [1.165, 1.54) is 11.8 Å². The lowest BCUT2D eigenvalue weighted by molar-refractivity contribution is -0.115. The van der Waals surface area contributed by atoms with Crippen molar-refractivity contribution in [2.75, 3.05) is 5.32 Å². The first-order valence-electron chi connectivity index (χ1n) is 6.99. The Labute approximate surface area is 135 Å². The predicted molar refractivity (Wildman–Crippen MR) is 88.6 cm³/mol. The van der Waals surface area contributed by atoms with Crippen LogP contribution in [0.4, 0.5) is 5.69 Å². The van der Waals surface area contributed by atoms with Gasteiger partial charge in [0, 0.05) is 12.7 Å². The van der Waals surface area contributed by atoms with E-state index in [9.17, 15) is 9.59 Å². The molecule has 9 heteroatoms. The summed E-state index contributed by atoms with van der Waals surface area (Å²) in [4.78, 5) is 28.9. The number of rotatable bonds is 4. The van der Waals surface area contributed by atoms with Crippen molar-refractivity contribution in [3.05, 3.63) is 34.5 Å². The third-order valence-electron chi connectivity index (χ3n) is 3.49. The SMILES string of the molecule is Cc1nnc(S[C@H](C)C(=O)Nc2ccc3[nH]c(=O)[nH]c3c2)n1C. The van der Waals surface area contributed by atoms with Crippen LogP contribution >= 0.6 is 11.8 Å². The first-order valence-corrected chi connectivity index (χ1v) is 7.87. The minimum Gasteiger partial charge on any atom is -0.325 e. The smallest absolute Gasteiger partial charge is 0.323 e. The summed E-state index contributed by atoms with van der Waals surface area (Å²) in [6.07, 6.45) is 0. The lowest BCUT2D eigenvalue weighted by Gasteiger charge is -2.11. The molecule has 8 nitrogen and oxygen atoms in total. The van der Waals surface area contributed by atoms with Gasteiger partial charge in [-0.05, 0) is 32.0 Å². The first kappa shape index (κ1) is 15.3. The van der Waals surface area contributed by atoms with Crippen LogP contribution in [0.1, 0.15) is 12.7 Å². The van der Waals surface area contributed by atoms with E-state index >= 15 is 0 Å². The van der Waals surface area contributed by atoms with Gasteiger partial charge in [-0.15, -0.1) is 10.2 Å². The van der Waals surface area contributed by atoms with Crippen LogP contribution in [0.5, 0.6) is 0 Å². The second kappa shape index (κ2) is 5.92. The topological polar surface area (TPSA) is 108 Å². The maximum Gasteiger partial charge on any atom is 0.323 e. The van der Waals surface area contributed by atoms with Gasteiger partial charge in [-0.1, -0.05) is 11.8 Å². The van der Waals surface area contributed by atoms with Crippen LogP contribution in [-0.2, 0) is 11.8 Å². The molecule has 2 aromatic heterocycles. The second-order valence-corrected chi connectivity index (χ2v) is 6.49. The van der Waals surface area contributed by atoms with Gasteiger partial charge in [0.25, 0.3) is 0 Å². The van der Waals surface area contributed by atoms with Crippen molar-refractivity contribution in [2.45, 2.75) is 24.3 Å². The number of fused-ring (bicyclic) bond motifs is 1. The van der Waals surface area contributed by atoms with Crippen molar-refractivity contribution in [2.24, 2.45) is 7.05 Å². The van der Waals surface area contributed by atoms with Crippen LogP contribution in [0.15, 0.2) is 28.2 Å². The largest absolute Gasteiger partial charge is 0.325 e. The number of carbonyl (C=O) groups is 1. The van der Waals surface area contributed by atoms with E-state index in [-0.39, 0.29) is 16.8 Å². The van der Waals surface area contributed by atoms with E-state index in [1.807, 2.05) is 18.5 Å². The van der Waals surface area contributed by atoms with Gasteiger partial charge in [0.15, 0.2) is 5.16 Å². The van der Waals surface area contributed by atoms with E-state index < -0.39 is 0 Å². The van der Waals surface area contributed by atoms with Gasteiger partial charge in [-0.3, -0.25) is 4.79 Å². The fourth-order valence-electron chi connectivity index (χ4n) is 2.06. The number of imidazole rings is 1. The van der Waals surface area contributed by atoms with E-state index in [4.69, 9.17) is 0 Å². The molecule has 1 amide bonds. The van der Waals surface area contributed by atoms with Crippen molar-refractivity contribution in [1.29, 1.82) is 0 Å². The number of aromatic nitrogens is 5. The van der Waals surface area contributed by atoms with Crippen LogP contribution in [0, 0.1) is 6.92 Å². The highest BCUT2D eigenvalue weighted by molar-refractivity contribution is 8.00. The molecule has 3 rings (SSSR count). The minimum atomic E-state index is -0.335. The molecule has 0 unspecified atom stereocenters. The molecule has 2 heterocycles. The van der Waals surface area contributed by atoms with Gasteiger partial charge in [-0.2, -0.15) is 0 Å². The van der Waals surface area contributed by atoms with Crippen molar-refractivity contribution < 1.29 is 4.79 Å². The number of hydrogen-bond donors (Lipinski definition) is 3. The lowest BCUT2D eigenvalue weighted by atomic mass is 10.2. The number of aryl methyl sites for hydroxylation is 1. The van der Waals surface area contributed by atoms with E-state index in [0.717, 1.165) is 5.82 Å². The molecule has 120 valence electrons. The van der Waals surface area contributed by atoms with Gasteiger partial charge in [0.05, 0.1) is 16.3 Å². The molecular formula is C14H16N6O2S. The standard InChI is InChI=1S/C14H16N6O2S/c1-7(23-14-19-18-8(2)20(14)3)12(21)15-9-4-5-10-11(6-9)17-13(22)16-10/h4-7H,1-3H3,(H,15,21)(H2,16,17,22)/t7-/m1/s1. The fraction of sp³-hybridized carbons (Fsp3) is 0.286. The Kier molecular flexibility index (Phi) is 3.95. The van der Waals surface area contributed by atoms with E-state index in [0.29, 0.717) is 21.9 Å². The molecule has 0 aliphatic rings. The van der Waals surface area contributed by atoms with Crippen molar-refractivity contribution in [1.82, 2.24) is 24.7 Å². The summed E-state index contributed by atoms with van der Waals surface area (Å²) >= 11 is 1.34. The molecule has 0 aliphatic carbocycles. The molecule has 3 N–H and O–H groups in total. The maximum atomic E-state index is 12.3. The normalized spacial score (nSPS) is 12.5. The van der Waals surface area contributed by atoms with Gasteiger partial charge in [0.1, 0.15) is 5.82 Å². The number of aromatic amines is 2. The molecular weight excluding hydrogens is 316 g/mol. The van der Waals surface area contributed by atoms with Crippen molar-refractivity contribution in [3.63, 3.8) is 0 Å². The summed E-state index contributed by atoms with van der Waals surface area (Å²) in [5.74, 6) is 0.648. The zero-order valence-electron chi connectivity index (χ0n) is 12.9. The third kappa shape index (κ3) is 3.14.